The van der Waals surface area contributed by atoms with Crippen molar-refractivity contribution in [2.24, 2.45) is 5.92 Å². The molecule has 3 fully saturated rings. The summed E-state index contributed by atoms with van der Waals surface area (Å²) in [6, 6.07) is 1.77. The van der Waals surface area contributed by atoms with Crippen LogP contribution >= 0.6 is 0 Å². The van der Waals surface area contributed by atoms with Gasteiger partial charge in [0.2, 0.25) is 5.43 Å². The molecule has 1 aromatic carbocycles. The van der Waals surface area contributed by atoms with Crippen molar-refractivity contribution in [2.45, 2.75) is 44.7 Å². The summed E-state index contributed by atoms with van der Waals surface area (Å²) in [6.07, 6.45) is 5.70. The molecule has 166 valence electrons. The number of anilines is 1. The number of methoxy groups -OCH3 is 1. The van der Waals surface area contributed by atoms with Crippen molar-refractivity contribution in [3.63, 3.8) is 0 Å². The minimum absolute atomic E-state index is 0.0631. The Bertz CT molecular complexity index is 1080. The highest BCUT2D eigenvalue weighted by Crippen LogP contribution is 2.45. The van der Waals surface area contributed by atoms with Crippen molar-refractivity contribution in [3.8, 4) is 5.75 Å². The summed E-state index contributed by atoms with van der Waals surface area (Å²) in [4.78, 5) is 27.6. The maximum Gasteiger partial charge on any atom is 0.343 e. The lowest BCUT2D eigenvalue weighted by molar-refractivity contribution is 0.0524. The third-order valence-electron chi connectivity index (χ3n) is 6.75. The Labute approximate surface area is 180 Å². The average Bonchev–Trinajstić information content (AvgIpc) is 3.51. The van der Waals surface area contributed by atoms with Gasteiger partial charge < -0.3 is 24.3 Å². The minimum Gasteiger partial charge on any atom is -0.492 e. The van der Waals surface area contributed by atoms with Crippen LogP contribution in [0.3, 0.4) is 0 Å². The number of hydrogen-bond donors (Lipinski definition) is 1. The molecule has 2 saturated heterocycles. The molecule has 7 nitrogen and oxygen atoms in total. The second-order valence-electron chi connectivity index (χ2n) is 8.74. The maximum absolute atomic E-state index is 15.5. The van der Waals surface area contributed by atoms with E-state index in [9.17, 15) is 9.59 Å². The van der Waals surface area contributed by atoms with Gasteiger partial charge in [-0.15, -0.1) is 0 Å². The van der Waals surface area contributed by atoms with E-state index in [1.807, 2.05) is 9.47 Å². The molecule has 0 bridgehead atoms. The fraction of sp³-hybridized carbons (Fsp3) is 0.565. The first kappa shape index (κ1) is 20.3. The van der Waals surface area contributed by atoms with Crippen LogP contribution in [-0.2, 0) is 4.74 Å². The molecule has 1 saturated carbocycles. The molecule has 5 rings (SSSR count). The molecule has 2 aliphatic heterocycles. The zero-order valence-electron chi connectivity index (χ0n) is 17.9. The van der Waals surface area contributed by atoms with Gasteiger partial charge in [-0.25, -0.2) is 9.18 Å². The van der Waals surface area contributed by atoms with Gasteiger partial charge in [-0.3, -0.25) is 4.79 Å². The topological polar surface area (TPSA) is 72.8 Å². The molecule has 2 aromatic rings. The maximum atomic E-state index is 15.5. The Morgan fingerprint density at radius 2 is 2.10 bits per heavy atom. The Hall–Kier alpha value is -2.61. The normalized spacial score (nSPS) is 23.1. The third-order valence-corrected chi connectivity index (χ3v) is 6.75. The Morgan fingerprint density at radius 1 is 1.29 bits per heavy atom. The van der Waals surface area contributed by atoms with Crippen molar-refractivity contribution in [3.05, 3.63) is 33.9 Å². The summed E-state index contributed by atoms with van der Waals surface area (Å²) in [7, 11) is 1.51. The second-order valence-corrected chi connectivity index (χ2v) is 8.74. The number of carbonyl (C=O) groups is 1. The number of aromatic nitrogens is 1. The van der Waals surface area contributed by atoms with E-state index in [2.05, 4.69) is 5.32 Å². The number of hydrogen-bond acceptors (Lipinski definition) is 6. The van der Waals surface area contributed by atoms with Gasteiger partial charge in [-0.2, -0.15) is 0 Å². The van der Waals surface area contributed by atoms with Crippen molar-refractivity contribution < 1.29 is 18.7 Å². The second kappa shape index (κ2) is 7.82. The van der Waals surface area contributed by atoms with Crippen LogP contribution in [-0.4, -0.2) is 49.9 Å². The van der Waals surface area contributed by atoms with E-state index in [-0.39, 0.29) is 23.6 Å². The Morgan fingerprint density at radius 3 is 2.77 bits per heavy atom. The van der Waals surface area contributed by atoms with Crippen molar-refractivity contribution in [1.82, 2.24) is 9.88 Å². The summed E-state index contributed by atoms with van der Waals surface area (Å²) >= 11 is 0. The average molecular weight is 429 g/mol. The molecule has 0 spiro atoms. The molecule has 1 aliphatic carbocycles. The van der Waals surface area contributed by atoms with Crippen molar-refractivity contribution in [2.75, 3.05) is 38.3 Å². The molecule has 3 heterocycles. The molecule has 31 heavy (non-hydrogen) atoms. The monoisotopic (exact) mass is 429 g/mol. The van der Waals surface area contributed by atoms with Crippen molar-refractivity contribution in [1.29, 1.82) is 0 Å². The van der Waals surface area contributed by atoms with Gasteiger partial charge in [0.15, 0.2) is 11.6 Å². The molecule has 0 amide bonds. The number of nitrogens with one attached hydrogen (secondary N) is 1. The van der Waals surface area contributed by atoms with Gasteiger partial charge >= 0.3 is 5.97 Å². The lowest BCUT2D eigenvalue weighted by Gasteiger charge is -2.25. The number of halogens is 1. The first-order chi connectivity index (χ1) is 15.0. The zero-order valence-corrected chi connectivity index (χ0v) is 17.9. The van der Waals surface area contributed by atoms with E-state index in [0.29, 0.717) is 35.5 Å². The lowest BCUT2D eigenvalue weighted by Crippen LogP contribution is -2.40. The summed E-state index contributed by atoms with van der Waals surface area (Å²) in [5, 5.41) is 3.70. The quantitative estimate of drug-likeness (QED) is 0.737. The summed E-state index contributed by atoms with van der Waals surface area (Å²) in [5.41, 5.74) is 0.379. The van der Waals surface area contributed by atoms with Crippen LogP contribution in [0.25, 0.3) is 10.9 Å². The number of fused-ring (bicyclic) bond motifs is 2. The number of rotatable bonds is 5. The Kier molecular flexibility index (Phi) is 5.12. The van der Waals surface area contributed by atoms with Crippen LogP contribution in [0, 0.1) is 11.7 Å². The predicted molar refractivity (Wildman–Crippen MR) is 116 cm³/mol. The predicted octanol–water partition coefficient (Wildman–Crippen LogP) is 2.85. The highest BCUT2D eigenvalue weighted by atomic mass is 19.1. The fourth-order valence-electron chi connectivity index (χ4n) is 5.16. The molecular formula is C23H28FN3O4. The number of benzene rings is 1. The van der Waals surface area contributed by atoms with E-state index < -0.39 is 17.2 Å². The van der Waals surface area contributed by atoms with Gasteiger partial charge in [0.25, 0.3) is 0 Å². The number of carbonyl (C=O) groups excluding carboxylic acids is 1. The van der Waals surface area contributed by atoms with E-state index in [0.717, 1.165) is 38.8 Å². The highest BCUT2D eigenvalue weighted by molar-refractivity contribution is 5.97. The van der Waals surface area contributed by atoms with Gasteiger partial charge in [0, 0.05) is 31.4 Å². The SMILES string of the molecule is CCOC(=O)c1cn(C2CC2)c2c(OC)c(N3CC4CCCNC4C3)c(F)cc2c1=O. The van der Waals surface area contributed by atoms with Crippen LogP contribution in [0.5, 0.6) is 5.75 Å². The smallest absolute Gasteiger partial charge is 0.343 e. The number of pyridine rings is 1. The van der Waals surface area contributed by atoms with E-state index in [4.69, 9.17) is 9.47 Å². The van der Waals surface area contributed by atoms with Crippen LogP contribution in [0.2, 0.25) is 0 Å². The molecular weight excluding hydrogens is 401 g/mol. The lowest BCUT2D eigenvalue weighted by atomic mass is 9.94. The van der Waals surface area contributed by atoms with Crippen LogP contribution in [0.1, 0.15) is 49.0 Å². The molecule has 8 heteroatoms. The molecule has 3 aliphatic rings. The third kappa shape index (κ3) is 3.37. The number of ether oxygens (including phenoxy) is 2. The molecule has 2 unspecified atom stereocenters. The molecule has 1 N–H and O–H groups in total. The Balaban J connectivity index is 1.70. The van der Waals surface area contributed by atoms with Crippen molar-refractivity contribution >= 4 is 22.6 Å². The summed E-state index contributed by atoms with van der Waals surface area (Å²) < 4.78 is 28.2. The van der Waals surface area contributed by atoms with Gasteiger partial charge in [0.1, 0.15) is 11.3 Å². The number of nitrogens with zero attached hydrogens (tertiary/aromatic N) is 2. The summed E-state index contributed by atoms with van der Waals surface area (Å²) in [5.74, 6) is -0.330. The fourth-order valence-corrected chi connectivity index (χ4v) is 5.16. The molecule has 0 radical (unpaired) electrons. The summed E-state index contributed by atoms with van der Waals surface area (Å²) in [6.45, 7) is 4.31. The van der Waals surface area contributed by atoms with E-state index in [1.165, 1.54) is 13.2 Å². The van der Waals surface area contributed by atoms with E-state index in [1.54, 1.807) is 13.1 Å². The molecule has 2 atom stereocenters. The number of piperidine rings is 1. The number of esters is 1. The zero-order chi connectivity index (χ0) is 21.7. The largest absolute Gasteiger partial charge is 0.492 e. The molecule has 1 aromatic heterocycles. The standard InChI is InChI=1S/C23H28FN3O4/c1-3-31-23(29)16-11-27(14-6-7-14)19-15(21(16)28)9-17(24)20(22(19)30-2)26-10-13-5-4-8-25-18(13)12-26/h9,11,13-14,18,25H,3-8,10,12H2,1-2H3. The minimum atomic E-state index is -0.679. The van der Waals surface area contributed by atoms with Gasteiger partial charge in [0.05, 0.1) is 24.6 Å². The van der Waals surface area contributed by atoms with Crippen LogP contribution in [0.4, 0.5) is 10.1 Å². The first-order valence-electron chi connectivity index (χ1n) is 11.1. The highest BCUT2D eigenvalue weighted by Gasteiger charge is 2.38. The van der Waals surface area contributed by atoms with Gasteiger partial charge in [-0.1, -0.05) is 0 Å². The van der Waals surface area contributed by atoms with E-state index >= 15 is 4.39 Å². The first-order valence-corrected chi connectivity index (χ1v) is 11.1. The van der Waals surface area contributed by atoms with Gasteiger partial charge in [-0.05, 0) is 51.1 Å². The van der Waals surface area contributed by atoms with Crippen LogP contribution < -0.4 is 20.4 Å². The van der Waals surface area contributed by atoms with Crippen LogP contribution in [0.15, 0.2) is 17.1 Å².